The molecule has 0 atom stereocenters. The Morgan fingerprint density at radius 2 is 0.980 bits per heavy atom. The molecule has 232 valence electrons. The molecule has 1 heterocycles. The fourth-order valence-electron chi connectivity index (χ4n) is 8.07. The van der Waals surface area contributed by atoms with Gasteiger partial charge in [-0.3, -0.25) is 0 Å². The van der Waals surface area contributed by atoms with Gasteiger partial charge in [-0.1, -0.05) is 117 Å². The van der Waals surface area contributed by atoms with Crippen LogP contribution in [0.4, 0.5) is 17.1 Å². The lowest BCUT2D eigenvalue weighted by Gasteiger charge is -2.27. The monoisotopic (exact) mass is 627 g/mol. The van der Waals surface area contributed by atoms with Crippen molar-refractivity contribution in [3.05, 3.63) is 175 Å². The molecule has 1 aliphatic carbocycles. The smallest absolute Gasteiger partial charge is 0.137 e. The minimum absolute atomic E-state index is 0.0475. The normalized spacial score (nSPS) is 13.3. The van der Waals surface area contributed by atoms with Crippen LogP contribution in [0, 0.1) is 0 Å². The van der Waals surface area contributed by atoms with Gasteiger partial charge in [-0.2, -0.15) is 0 Å². The average Bonchev–Trinajstić information content (AvgIpc) is 3.62. The predicted molar refractivity (Wildman–Crippen MR) is 206 cm³/mol. The first-order valence-electron chi connectivity index (χ1n) is 17.0. The zero-order valence-electron chi connectivity index (χ0n) is 27.4. The third-order valence-electron chi connectivity index (χ3n) is 10.6. The highest BCUT2D eigenvalue weighted by Crippen LogP contribution is 2.51. The van der Waals surface area contributed by atoms with Gasteiger partial charge >= 0.3 is 0 Å². The van der Waals surface area contributed by atoms with Crippen LogP contribution in [-0.2, 0) is 5.41 Å². The molecule has 0 amide bonds. The largest absolute Gasteiger partial charge is 0.456 e. The zero-order chi connectivity index (χ0) is 32.7. The number of furan rings is 1. The summed E-state index contributed by atoms with van der Waals surface area (Å²) in [4.78, 5) is 2.37. The highest BCUT2D eigenvalue weighted by Gasteiger charge is 2.35. The topological polar surface area (TPSA) is 16.4 Å². The summed E-state index contributed by atoms with van der Waals surface area (Å²) in [6, 6.07) is 59.6. The van der Waals surface area contributed by atoms with Crippen LogP contribution in [0.25, 0.3) is 65.7 Å². The summed E-state index contributed by atoms with van der Waals surface area (Å²) in [7, 11) is 0. The van der Waals surface area contributed by atoms with E-state index in [4.69, 9.17) is 4.42 Å². The van der Waals surface area contributed by atoms with E-state index in [2.05, 4.69) is 170 Å². The van der Waals surface area contributed by atoms with Crippen molar-refractivity contribution in [2.45, 2.75) is 19.3 Å². The van der Waals surface area contributed by atoms with Crippen LogP contribution < -0.4 is 4.90 Å². The second-order valence-corrected chi connectivity index (χ2v) is 13.8. The summed E-state index contributed by atoms with van der Waals surface area (Å²) in [5.41, 5.74) is 12.8. The van der Waals surface area contributed by atoms with E-state index < -0.39 is 0 Å². The summed E-state index contributed by atoms with van der Waals surface area (Å²) in [5.74, 6) is 0. The van der Waals surface area contributed by atoms with E-state index in [-0.39, 0.29) is 5.41 Å². The van der Waals surface area contributed by atoms with Gasteiger partial charge < -0.3 is 9.32 Å². The lowest BCUT2D eigenvalue weighted by molar-refractivity contribution is 0.660. The number of anilines is 3. The molecule has 2 heteroatoms. The van der Waals surface area contributed by atoms with Crippen LogP contribution in [0.15, 0.2) is 168 Å². The Labute approximate surface area is 285 Å². The maximum atomic E-state index is 6.39. The second kappa shape index (κ2) is 10.4. The third kappa shape index (κ3) is 4.34. The molecule has 0 spiro atoms. The van der Waals surface area contributed by atoms with Gasteiger partial charge in [-0.05, 0) is 110 Å². The molecule has 1 aromatic heterocycles. The van der Waals surface area contributed by atoms with Gasteiger partial charge in [0.15, 0.2) is 0 Å². The first-order chi connectivity index (χ1) is 24.0. The van der Waals surface area contributed by atoms with Gasteiger partial charge in [0.1, 0.15) is 11.2 Å². The maximum absolute atomic E-state index is 6.39. The molecule has 8 aromatic carbocycles. The van der Waals surface area contributed by atoms with Crippen molar-refractivity contribution < 1.29 is 4.42 Å². The molecule has 0 saturated heterocycles. The summed E-state index contributed by atoms with van der Waals surface area (Å²) in [6.07, 6.45) is 0. The molecule has 0 fully saturated rings. The minimum Gasteiger partial charge on any atom is -0.456 e. The van der Waals surface area contributed by atoms with E-state index in [1.807, 2.05) is 12.1 Å². The Morgan fingerprint density at radius 1 is 0.408 bits per heavy atom. The minimum atomic E-state index is -0.0475. The van der Waals surface area contributed by atoms with Crippen LogP contribution in [-0.4, -0.2) is 0 Å². The van der Waals surface area contributed by atoms with Gasteiger partial charge in [-0.15, -0.1) is 0 Å². The van der Waals surface area contributed by atoms with Crippen molar-refractivity contribution in [3.63, 3.8) is 0 Å². The average molecular weight is 628 g/mol. The molecule has 2 nitrogen and oxygen atoms in total. The van der Waals surface area contributed by atoms with E-state index in [9.17, 15) is 0 Å². The zero-order valence-corrected chi connectivity index (χ0v) is 27.4. The molecule has 0 unspecified atom stereocenters. The summed E-state index contributed by atoms with van der Waals surface area (Å²) in [5, 5.41) is 7.20. The van der Waals surface area contributed by atoms with Crippen molar-refractivity contribution in [2.24, 2.45) is 0 Å². The highest BCUT2D eigenvalue weighted by atomic mass is 16.3. The fraction of sp³-hybridized carbons (Fsp3) is 0.0638. The quantitative estimate of drug-likeness (QED) is 0.193. The van der Waals surface area contributed by atoms with Crippen LogP contribution in [0.3, 0.4) is 0 Å². The number of para-hydroxylation sites is 1. The lowest BCUT2D eigenvalue weighted by Crippen LogP contribution is -2.15. The van der Waals surface area contributed by atoms with E-state index in [1.165, 1.54) is 54.9 Å². The maximum Gasteiger partial charge on any atom is 0.137 e. The van der Waals surface area contributed by atoms with Crippen molar-refractivity contribution in [1.82, 2.24) is 0 Å². The highest BCUT2D eigenvalue weighted by molar-refractivity contribution is 6.06. The summed E-state index contributed by atoms with van der Waals surface area (Å²) < 4.78 is 6.39. The fourth-order valence-corrected chi connectivity index (χ4v) is 8.07. The van der Waals surface area contributed by atoms with E-state index in [0.29, 0.717) is 0 Å². The number of benzene rings is 8. The Hall–Kier alpha value is -6.12. The molecule has 0 aliphatic heterocycles. The number of rotatable bonds is 4. The molecular formula is C47H33NO. The third-order valence-corrected chi connectivity index (χ3v) is 10.6. The number of nitrogens with zero attached hydrogens (tertiary/aromatic N) is 1. The van der Waals surface area contributed by atoms with Gasteiger partial charge in [0.25, 0.3) is 0 Å². The van der Waals surface area contributed by atoms with Crippen LogP contribution in [0.2, 0.25) is 0 Å². The molecule has 0 radical (unpaired) electrons. The SMILES string of the molecule is CC1(C)c2ccccc2-c2cc(N(c3ccc4cc(-c5ccc6ccccc6c5)ccc4c3)c3ccc4c(c3)oc3ccccc34)ccc21. The van der Waals surface area contributed by atoms with Gasteiger partial charge in [0.2, 0.25) is 0 Å². The number of hydrogen-bond donors (Lipinski definition) is 0. The predicted octanol–water partition coefficient (Wildman–Crippen LogP) is 13.3. The van der Waals surface area contributed by atoms with E-state index in [1.54, 1.807) is 0 Å². The molecule has 10 rings (SSSR count). The second-order valence-electron chi connectivity index (χ2n) is 13.8. The first-order valence-corrected chi connectivity index (χ1v) is 17.0. The van der Waals surface area contributed by atoms with Gasteiger partial charge in [0.05, 0.1) is 0 Å². The number of hydrogen-bond acceptors (Lipinski definition) is 2. The molecule has 0 saturated carbocycles. The molecule has 0 bridgehead atoms. The molecule has 0 N–H and O–H groups in total. The van der Waals surface area contributed by atoms with Gasteiger partial charge in [0, 0.05) is 39.3 Å². The van der Waals surface area contributed by atoms with Crippen molar-refractivity contribution in [1.29, 1.82) is 0 Å². The van der Waals surface area contributed by atoms with E-state index >= 15 is 0 Å². The Kier molecular flexibility index (Phi) is 5.95. The first kappa shape index (κ1) is 27.9. The van der Waals surface area contributed by atoms with Crippen molar-refractivity contribution in [3.8, 4) is 22.3 Å². The Balaban J connectivity index is 1.13. The standard InChI is InChI=1S/C47H33NO/c1-47(2)43-13-7-5-11-39(43)42-28-37(22-24-44(42)47)48(38-21-23-41-40-12-6-8-14-45(40)49-46(41)29-38)36-20-19-34-26-33(17-18-35(34)27-36)32-16-15-30-9-3-4-10-31(30)25-32/h3-29H,1-2H3. The summed E-state index contributed by atoms with van der Waals surface area (Å²) in [6.45, 7) is 4.67. The van der Waals surface area contributed by atoms with Crippen LogP contribution in [0.5, 0.6) is 0 Å². The Bertz CT molecular complexity index is 2770. The van der Waals surface area contributed by atoms with Crippen LogP contribution >= 0.6 is 0 Å². The molecular weight excluding hydrogens is 595 g/mol. The lowest BCUT2D eigenvalue weighted by atomic mass is 9.82. The van der Waals surface area contributed by atoms with Gasteiger partial charge in [-0.25, -0.2) is 0 Å². The van der Waals surface area contributed by atoms with Crippen molar-refractivity contribution in [2.75, 3.05) is 4.90 Å². The molecule has 9 aromatic rings. The Morgan fingerprint density at radius 3 is 1.86 bits per heavy atom. The molecule has 49 heavy (non-hydrogen) atoms. The van der Waals surface area contributed by atoms with Crippen molar-refractivity contribution >= 4 is 60.5 Å². The van der Waals surface area contributed by atoms with E-state index in [0.717, 1.165) is 39.0 Å². The molecule has 1 aliphatic rings. The van der Waals surface area contributed by atoms with Crippen LogP contribution in [0.1, 0.15) is 25.0 Å². The summed E-state index contributed by atoms with van der Waals surface area (Å²) >= 11 is 0. The number of fused-ring (bicyclic) bond motifs is 8.